The van der Waals surface area contributed by atoms with Gasteiger partial charge in [-0.25, -0.2) is 5.43 Å². The van der Waals surface area contributed by atoms with Gasteiger partial charge in [-0.2, -0.15) is 5.10 Å². The molecule has 144 valence electrons. The number of rotatable bonds is 6. The minimum absolute atomic E-state index is 0.134. The Morgan fingerprint density at radius 2 is 1.89 bits per heavy atom. The molecule has 0 fully saturated rings. The molecule has 0 aliphatic heterocycles. The summed E-state index contributed by atoms with van der Waals surface area (Å²) in [6.45, 7) is 2.17. The lowest BCUT2D eigenvalue weighted by atomic mass is 10.1. The van der Waals surface area contributed by atoms with Crippen LogP contribution in [0.2, 0.25) is 5.02 Å². The molecular weight excluding hydrogens is 380 g/mol. The summed E-state index contributed by atoms with van der Waals surface area (Å²) >= 11 is 5.99. The lowest BCUT2D eigenvalue weighted by Crippen LogP contribution is -2.18. The molecule has 0 unspecified atom stereocenters. The molecule has 0 saturated heterocycles. The molecule has 0 bridgehead atoms. The highest BCUT2D eigenvalue weighted by atomic mass is 35.5. The molecule has 0 radical (unpaired) electrons. The summed E-state index contributed by atoms with van der Waals surface area (Å²) in [5.41, 5.74) is 3.42. The van der Waals surface area contributed by atoms with Crippen molar-refractivity contribution >= 4 is 34.5 Å². The molecule has 0 aromatic heterocycles. The number of hydrogen-bond donors (Lipinski definition) is 2. The summed E-state index contributed by atoms with van der Waals surface area (Å²) in [4.78, 5) is 12.6. The van der Waals surface area contributed by atoms with E-state index in [9.17, 15) is 9.90 Å². The zero-order chi connectivity index (χ0) is 20.1. The first kappa shape index (κ1) is 19.5. The number of ether oxygens (including phenoxy) is 2. The smallest absolute Gasteiger partial charge is 0.275 e. The van der Waals surface area contributed by atoms with Gasteiger partial charge in [0.25, 0.3) is 5.91 Å². The van der Waals surface area contributed by atoms with Crippen LogP contribution in [0.15, 0.2) is 53.6 Å². The van der Waals surface area contributed by atoms with Gasteiger partial charge in [-0.05, 0) is 47.5 Å². The van der Waals surface area contributed by atoms with Crippen molar-refractivity contribution in [2.24, 2.45) is 5.10 Å². The van der Waals surface area contributed by atoms with Crippen LogP contribution in [0.5, 0.6) is 17.2 Å². The van der Waals surface area contributed by atoms with Crippen LogP contribution >= 0.6 is 11.6 Å². The molecule has 7 heteroatoms. The Labute approximate surface area is 167 Å². The average molecular weight is 399 g/mol. The third-order valence-corrected chi connectivity index (χ3v) is 4.33. The van der Waals surface area contributed by atoms with Crippen LogP contribution < -0.4 is 14.9 Å². The minimum Gasteiger partial charge on any atom is -0.503 e. The normalized spacial score (nSPS) is 11.0. The first-order chi connectivity index (χ1) is 13.5. The van der Waals surface area contributed by atoms with Crippen LogP contribution in [0.25, 0.3) is 10.8 Å². The van der Waals surface area contributed by atoms with Gasteiger partial charge < -0.3 is 14.6 Å². The Morgan fingerprint density at radius 3 is 2.57 bits per heavy atom. The van der Waals surface area contributed by atoms with Gasteiger partial charge in [0.1, 0.15) is 5.75 Å². The van der Waals surface area contributed by atoms with E-state index in [0.717, 1.165) is 10.8 Å². The Bertz CT molecular complexity index is 1050. The predicted molar refractivity (Wildman–Crippen MR) is 110 cm³/mol. The molecule has 0 saturated carbocycles. The van der Waals surface area contributed by atoms with E-state index < -0.39 is 5.91 Å². The van der Waals surface area contributed by atoms with Crippen molar-refractivity contribution in [1.82, 2.24) is 5.43 Å². The highest BCUT2D eigenvalue weighted by Crippen LogP contribution is 2.34. The zero-order valence-corrected chi connectivity index (χ0v) is 16.2. The summed E-state index contributed by atoms with van der Waals surface area (Å²) in [5, 5.41) is 15.9. The fourth-order valence-corrected chi connectivity index (χ4v) is 2.94. The lowest BCUT2D eigenvalue weighted by Gasteiger charge is -2.09. The summed E-state index contributed by atoms with van der Waals surface area (Å²) in [6.07, 6.45) is 1.42. The zero-order valence-electron chi connectivity index (χ0n) is 15.4. The van der Waals surface area contributed by atoms with Crippen molar-refractivity contribution in [1.29, 1.82) is 0 Å². The maximum Gasteiger partial charge on any atom is 0.275 e. The van der Waals surface area contributed by atoms with E-state index in [1.54, 1.807) is 19.1 Å². The number of phenolic OH excluding ortho intramolecular Hbond substituents is 1. The second kappa shape index (κ2) is 8.63. The van der Waals surface area contributed by atoms with E-state index >= 15 is 0 Å². The molecule has 1 amide bonds. The molecule has 28 heavy (non-hydrogen) atoms. The van der Waals surface area contributed by atoms with Crippen molar-refractivity contribution in [3.63, 3.8) is 0 Å². The molecule has 0 spiro atoms. The predicted octanol–water partition coefficient (Wildman–Crippen LogP) is 4.37. The number of halogens is 1. The topological polar surface area (TPSA) is 80.2 Å². The highest BCUT2D eigenvalue weighted by Gasteiger charge is 2.13. The third-order valence-electron chi connectivity index (χ3n) is 4.04. The fourth-order valence-electron chi connectivity index (χ4n) is 2.73. The van der Waals surface area contributed by atoms with Crippen molar-refractivity contribution in [3.8, 4) is 17.2 Å². The van der Waals surface area contributed by atoms with Crippen molar-refractivity contribution in [2.75, 3.05) is 13.7 Å². The number of amides is 1. The van der Waals surface area contributed by atoms with Crippen LogP contribution in [0, 0.1) is 0 Å². The molecule has 6 nitrogen and oxygen atoms in total. The van der Waals surface area contributed by atoms with Gasteiger partial charge in [-0.15, -0.1) is 0 Å². The van der Waals surface area contributed by atoms with Crippen molar-refractivity contribution in [2.45, 2.75) is 6.92 Å². The molecule has 3 aromatic carbocycles. The molecule has 3 rings (SSSR count). The van der Waals surface area contributed by atoms with Gasteiger partial charge >= 0.3 is 0 Å². The minimum atomic E-state index is -0.409. The monoisotopic (exact) mass is 398 g/mol. The van der Waals surface area contributed by atoms with E-state index in [1.165, 1.54) is 19.4 Å². The van der Waals surface area contributed by atoms with E-state index in [2.05, 4.69) is 10.5 Å². The highest BCUT2D eigenvalue weighted by molar-refractivity contribution is 6.32. The van der Waals surface area contributed by atoms with Gasteiger partial charge in [0.15, 0.2) is 11.5 Å². The number of nitrogens with one attached hydrogen (secondary N) is 1. The Hall–Kier alpha value is -3.25. The van der Waals surface area contributed by atoms with Crippen LogP contribution in [-0.2, 0) is 0 Å². The number of aromatic hydroxyl groups is 1. The fraction of sp³-hybridized carbons (Fsp3) is 0.143. The number of carbonyl (C=O) groups is 1. The Kier molecular flexibility index (Phi) is 6.01. The van der Waals surface area contributed by atoms with Gasteiger partial charge in [0.05, 0.1) is 30.5 Å². The van der Waals surface area contributed by atoms with Crippen LogP contribution in [0.4, 0.5) is 0 Å². The molecular formula is C21H19ClN2O4. The van der Waals surface area contributed by atoms with Gasteiger partial charge in [0.2, 0.25) is 0 Å². The second-order valence-electron chi connectivity index (χ2n) is 5.88. The van der Waals surface area contributed by atoms with Crippen LogP contribution in [-0.4, -0.2) is 30.9 Å². The maximum atomic E-state index is 12.6. The molecule has 0 atom stereocenters. The number of methoxy groups -OCH3 is 1. The number of fused-ring (bicyclic) bond motifs is 1. The first-order valence-corrected chi connectivity index (χ1v) is 8.96. The largest absolute Gasteiger partial charge is 0.503 e. The molecule has 0 heterocycles. The Morgan fingerprint density at radius 1 is 1.18 bits per heavy atom. The molecule has 0 aliphatic rings. The number of hydrogen-bond acceptors (Lipinski definition) is 5. The van der Waals surface area contributed by atoms with Gasteiger partial charge in [0, 0.05) is 0 Å². The van der Waals surface area contributed by atoms with Gasteiger partial charge in [-0.3, -0.25) is 4.79 Å². The van der Waals surface area contributed by atoms with E-state index in [1.807, 2.05) is 30.3 Å². The van der Waals surface area contributed by atoms with Crippen molar-refractivity contribution < 1.29 is 19.4 Å². The SMILES string of the molecule is CCOc1cc(C=NNC(=O)c2cc3ccccc3cc2OC)cc(Cl)c1O. The summed E-state index contributed by atoms with van der Waals surface area (Å²) in [5.74, 6) is 0.163. The van der Waals surface area contributed by atoms with E-state index in [0.29, 0.717) is 23.5 Å². The molecule has 3 aromatic rings. The van der Waals surface area contributed by atoms with Crippen LogP contribution in [0.3, 0.4) is 0 Å². The molecule has 2 N–H and O–H groups in total. The number of benzene rings is 3. The van der Waals surface area contributed by atoms with Crippen molar-refractivity contribution in [3.05, 3.63) is 64.7 Å². The molecule has 0 aliphatic carbocycles. The quantitative estimate of drug-likeness (QED) is 0.477. The number of nitrogens with zero attached hydrogens (tertiary/aromatic N) is 1. The van der Waals surface area contributed by atoms with E-state index in [4.69, 9.17) is 21.1 Å². The lowest BCUT2D eigenvalue weighted by molar-refractivity contribution is 0.0952. The maximum absolute atomic E-state index is 12.6. The number of phenols is 1. The number of hydrazone groups is 1. The second-order valence-corrected chi connectivity index (χ2v) is 6.29. The average Bonchev–Trinajstić information content (AvgIpc) is 2.70. The summed E-state index contributed by atoms with van der Waals surface area (Å²) in [6, 6.07) is 14.4. The Balaban J connectivity index is 1.81. The first-order valence-electron chi connectivity index (χ1n) is 8.59. The van der Waals surface area contributed by atoms with Gasteiger partial charge in [-0.1, -0.05) is 35.9 Å². The van der Waals surface area contributed by atoms with E-state index in [-0.39, 0.29) is 16.5 Å². The summed E-state index contributed by atoms with van der Waals surface area (Å²) in [7, 11) is 1.51. The third kappa shape index (κ3) is 4.18. The van der Waals surface area contributed by atoms with Crippen LogP contribution in [0.1, 0.15) is 22.8 Å². The number of carbonyl (C=O) groups excluding carboxylic acids is 1. The summed E-state index contributed by atoms with van der Waals surface area (Å²) < 4.78 is 10.7. The standard InChI is InChI=1S/C21H19ClN2O4/c1-3-28-19-9-13(8-17(22)20(19)25)12-23-24-21(26)16-10-14-6-4-5-7-15(14)11-18(16)27-2/h4-12,25H,3H2,1-2H3,(H,24,26).